The molecule has 16 nitrogen and oxygen atoms in total. The molecule has 238 valence electrons. The van der Waals surface area contributed by atoms with Crippen molar-refractivity contribution in [3.8, 4) is 27.2 Å². The van der Waals surface area contributed by atoms with Crippen LogP contribution in [0.25, 0.3) is 21.1 Å². The first kappa shape index (κ1) is 33.4. The minimum absolute atomic E-state index is 0.0428. The van der Waals surface area contributed by atoms with Gasteiger partial charge in [0.05, 0.1) is 39.0 Å². The molecular weight excluding hydrogens is 665 g/mol. The molecule has 0 saturated heterocycles. The summed E-state index contributed by atoms with van der Waals surface area (Å²) in [7, 11) is 0. The van der Waals surface area contributed by atoms with E-state index in [0.717, 1.165) is 37.7 Å². The Morgan fingerprint density at radius 1 is 0.778 bits per heavy atom. The smallest absolute Gasteiger partial charge is 0.412 e. The molecule has 0 atom stereocenters. The van der Waals surface area contributed by atoms with Crippen LogP contribution in [0, 0.1) is 13.8 Å². The van der Waals surface area contributed by atoms with Gasteiger partial charge in [-0.05, 0) is 13.8 Å². The highest BCUT2D eigenvalue weighted by Gasteiger charge is 2.15. The third kappa shape index (κ3) is 9.99. The number of carbonyl (C=O) groups is 3. The Balaban J connectivity index is 0.000000207. The second-order valence-corrected chi connectivity index (χ2v) is 12.7. The van der Waals surface area contributed by atoms with Crippen molar-refractivity contribution in [2.45, 2.75) is 40.5 Å². The first-order valence-corrected chi connectivity index (χ1v) is 16.5. The summed E-state index contributed by atoms with van der Waals surface area (Å²) >= 11 is 5.63. The molecule has 0 aliphatic carbocycles. The van der Waals surface area contributed by atoms with Crippen LogP contribution in [-0.4, -0.2) is 71.2 Å². The zero-order chi connectivity index (χ0) is 32.5. The molecule has 0 saturated carbocycles. The van der Waals surface area contributed by atoms with Crippen LogP contribution in [-0.2, 0) is 20.8 Å². The van der Waals surface area contributed by atoms with Crippen molar-refractivity contribution < 1.29 is 29.0 Å². The van der Waals surface area contributed by atoms with Crippen molar-refractivity contribution >= 4 is 83.7 Å². The normalized spacial score (nSPS) is 10.6. The fourth-order valence-electron chi connectivity index (χ4n) is 3.49. The average Bonchev–Trinajstić information content (AvgIpc) is 3.78. The van der Waals surface area contributed by atoms with E-state index in [2.05, 4.69) is 51.4 Å². The lowest BCUT2D eigenvalue weighted by atomic mass is 10.3. The number of hydrogen-bond donors (Lipinski definition) is 6. The predicted octanol–water partition coefficient (Wildman–Crippen LogP) is 4.70. The molecule has 0 fully saturated rings. The van der Waals surface area contributed by atoms with Gasteiger partial charge in [0.1, 0.15) is 0 Å². The molecular formula is C25H28N10O6S4. The highest BCUT2D eigenvalue weighted by molar-refractivity contribution is 7.20. The van der Waals surface area contributed by atoms with Crippen molar-refractivity contribution in [3.63, 3.8) is 0 Å². The van der Waals surface area contributed by atoms with Crippen LogP contribution < -0.4 is 21.3 Å². The SMILES string of the molecule is CC(=O)Nc1nc(C)c(-c2csc(NCCC(=O)O)n2)s1.CC(=O)Nc1nc(C)c(-c2csc(NCCc3nnc(O)o3)n2)s1. The zero-order valence-electron chi connectivity index (χ0n) is 24.3. The van der Waals surface area contributed by atoms with Gasteiger partial charge in [-0.2, -0.15) is 0 Å². The van der Waals surface area contributed by atoms with Crippen LogP contribution in [0.2, 0.25) is 0 Å². The molecule has 0 unspecified atom stereocenters. The Morgan fingerprint density at radius 2 is 1.29 bits per heavy atom. The second kappa shape index (κ2) is 15.5. The molecule has 0 spiro atoms. The summed E-state index contributed by atoms with van der Waals surface area (Å²) < 4.78 is 4.88. The van der Waals surface area contributed by atoms with Gasteiger partial charge in [0.2, 0.25) is 17.7 Å². The summed E-state index contributed by atoms with van der Waals surface area (Å²) in [6.45, 7) is 7.50. The van der Waals surface area contributed by atoms with E-state index in [1.54, 1.807) is 0 Å². The van der Waals surface area contributed by atoms with Crippen LogP contribution in [0.5, 0.6) is 6.08 Å². The number of carboxylic acids is 1. The largest absolute Gasteiger partial charge is 0.481 e. The van der Waals surface area contributed by atoms with Gasteiger partial charge in [-0.3, -0.25) is 14.4 Å². The number of aromatic nitrogens is 6. The lowest BCUT2D eigenvalue weighted by molar-refractivity contribution is -0.136. The standard InChI is InChI=1S/C13H14N6O3S2.C12H14N4O3S2/c1-6-10(24-12(15-6)16-7(2)20)8-5-23-11(17-8)14-4-3-9-18-19-13(21)22-9;1-6-10(21-12(14-6)15-7(2)17)8-5-20-11(16-8)13-4-3-9(18)19/h5H,3-4H2,1-2H3,(H,14,17)(H,19,21)(H,15,16,20);5H,3-4H2,1-2H3,(H,13,16)(H,18,19)(H,14,15,17). The fraction of sp³-hybridized carbons (Fsp3) is 0.320. The molecule has 0 bridgehead atoms. The third-order valence-electron chi connectivity index (χ3n) is 5.32. The van der Waals surface area contributed by atoms with Crippen molar-refractivity contribution in [1.82, 2.24) is 30.1 Å². The molecule has 0 aromatic carbocycles. The number of aromatic hydroxyl groups is 1. The molecule has 0 aliphatic rings. The molecule has 6 N–H and O–H groups in total. The summed E-state index contributed by atoms with van der Waals surface area (Å²) in [5, 5.41) is 42.4. The van der Waals surface area contributed by atoms with E-state index in [-0.39, 0.29) is 18.2 Å². The molecule has 45 heavy (non-hydrogen) atoms. The number of nitrogens with zero attached hydrogens (tertiary/aromatic N) is 6. The molecule has 5 rings (SSSR count). The molecule has 20 heteroatoms. The van der Waals surface area contributed by atoms with E-state index >= 15 is 0 Å². The minimum Gasteiger partial charge on any atom is -0.481 e. The van der Waals surface area contributed by atoms with E-state index in [0.29, 0.717) is 40.8 Å². The minimum atomic E-state index is -0.850. The van der Waals surface area contributed by atoms with Crippen LogP contribution in [0.1, 0.15) is 37.5 Å². The van der Waals surface area contributed by atoms with Gasteiger partial charge in [0.25, 0.3) is 0 Å². The van der Waals surface area contributed by atoms with Crippen LogP contribution >= 0.6 is 45.3 Å². The number of nitrogens with one attached hydrogen (secondary N) is 4. The molecule has 2 amide bonds. The quantitative estimate of drug-likeness (QED) is 0.104. The van der Waals surface area contributed by atoms with Gasteiger partial charge in [-0.15, -0.1) is 27.8 Å². The number of thiazole rings is 4. The summed E-state index contributed by atoms with van der Waals surface area (Å²) in [6.07, 6.45) is 0.0906. The highest BCUT2D eigenvalue weighted by Crippen LogP contribution is 2.35. The summed E-state index contributed by atoms with van der Waals surface area (Å²) in [5.74, 6) is -0.805. The number of carbonyl (C=O) groups excluding carboxylic acids is 2. The number of hydrogen-bond acceptors (Lipinski definition) is 17. The zero-order valence-corrected chi connectivity index (χ0v) is 27.6. The van der Waals surface area contributed by atoms with Gasteiger partial charge in [0, 0.05) is 44.1 Å². The lowest BCUT2D eigenvalue weighted by Gasteiger charge is -1.98. The van der Waals surface area contributed by atoms with Crippen molar-refractivity contribution in [3.05, 3.63) is 28.0 Å². The number of carboxylic acid groups (broad SMARTS) is 1. The number of rotatable bonds is 12. The maximum atomic E-state index is 11.1. The van der Waals surface area contributed by atoms with E-state index in [1.807, 2.05) is 24.6 Å². The van der Waals surface area contributed by atoms with Gasteiger partial charge in [0.15, 0.2) is 20.5 Å². The molecule has 5 aromatic heterocycles. The summed E-state index contributed by atoms with van der Waals surface area (Å²) in [4.78, 5) is 51.9. The van der Waals surface area contributed by atoms with Crippen molar-refractivity contribution in [2.75, 3.05) is 34.4 Å². The molecule has 5 aromatic rings. The van der Waals surface area contributed by atoms with Gasteiger partial charge in [-0.25, -0.2) is 19.9 Å². The fourth-order valence-corrected chi connectivity index (χ4v) is 7.05. The summed E-state index contributed by atoms with van der Waals surface area (Å²) in [5.41, 5.74) is 3.20. The maximum Gasteiger partial charge on any atom is 0.412 e. The number of aryl methyl sites for hydroxylation is 2. The van der Waals surface area contributed by atoms with Crippen LogP contribution in [0.3, 0.4) is 0 Å². The Bertz CT molecular complexity index is 1770. The first-order chi connectivity index (χ1) is 21.5. The third-order valence-corrected chi connectivity index (χ3v) is 9.11. The van der Waals surface area contributed by atoms with Crippen LogP contribution in [0.4, 0.5) is 20.5 Å². The lowest BCUT2D eigenvalue weighted by Crippen LogP contribution is -2.07. The first-order valence-electron chi connectivity index (χ1n) is 13.1. The molecule has 5 heterocycles. The second-order valence-electron chi connectivity index (χ2n) is 9.03. The summed E-state index contributed by atoms with van der Waals surface area (Å²) in [6, 6.07) is 0. The van der Waals surface area contributed by atoms with E-state index in [9.17, 15) is 14.4 Å². The van der Waals surface area contributed by atoms with Gasteiger partial charge >= 0.3 is 12.0 Å². The Labute approximate surface area is 272 Å². The van der Waals surface area contributed by atoms with E-state index < -0.39 is 12.0 Å². The topological polar surface area (TPSA) is 230 Å². The number of anilines is 4. The average molecular weight is 693 g/mol. The monoisotopic (exact) mass is 692 g/mol. The van der Waals surface area contributed by atoms with E-state index in [1.165, 1.54) is 59.2 Å². The Hall–Kier alpha value is -4.53. The number of amides is 2. The van der Waals surface area contributed by atoms with Gasteiger partial charge < -0.3 is 35.9 Å². The van der Waals surface area contributed by atoms with Crippen molar-refractivity contribution in [2.24, 2.45) is 0 Å². The predicted molar refractivity (Wildman–Crippen MR) is 173 cm³/mol. The maximum absolute atomic E-state index is 11.1. The van der Waals surface area contributed by atoms with Gasteiger partial charge in [-0.1, -0.05) is 27.8 Å². The molecule has 0 aliphatic heterocycles. The van der Waals surface area contributed by atoms with Crippen LogP contribution in [0.15, 0.2) is 15.2 Å². The van der Waals surface area contributed by atoms with Crippen molar-refractivity contribution in [1.29, 1.82) is 0 Å². The highest BCUT2D eigenvalue weighted by atomic mass is 32.1. The Morgan fingerprint density at radius 3 is 1.73 bits per heavy atom. The molecule has 0 radical (unpaired) electrons. The van der Waals surface area contributed by atoms with E-state index in [4.69, 9.17) is 14.6 Å². The number of aliphatic carboxylic acids is 1. The Kier molecular flexibility index (Phi) is 11.5.